The Kier molecular flexibility index (Phi) is 6.44. The third-order valence-electron chi connectivity index (χ3n) is 3.12. The summed E-state index contributed by atoms with van der Waals surface area (Å²) in [6, 6.07) is -0.276. The number of hydrogen-bond acceptors (Lipinski definition) is 4. The number of nitrogens with one attached hydrogen (secondary N) is 1. The Balaban J connectivity index is 2.13. The van der Waals surface area contributed by atoms with Gasteiger partial charge in [-0.25, -0.2) is 4.79 Å². The van der Waals surface area contributed by atoms with Gasteiger partial charge in [0.1, 0.15) is 6.54 Å². The highest BCUT2D eigenvalue weighted by molar-refractivity contribution is 6.01. The molecule has 0 aromatic carbocycles. The molecule has 7 nitrogen and oxygen atoms in total. The second-order valence-corrected chi connectivity index (χ2v) is 5.29. The van der Waals surface area contributed by atoms with Crippen molar-refractivity contribution < 1.29 is 14.4 Å². The van der Waals surface area contributed by atoms with Crippen LogP contribution in [-0.4, -0.2) is 79.9 Å². The number of urea groups is 1. The Labute approximate surface area is 119 Å². The van der Waals surface area contributed by atoms with Crippen molar-refractivity contribution in [3.05, 3.63) is 0 Å². The molecule has 0 saturated carbocycles. The fraction of sp³-hybridized carbons (Fsp3) is 0.769. The number of amides is 4. The summed E-state index contributed by atoms with van der Waals surface area (Å²) in [7, 11) is 5.57. The van der Waals surface area contributed by atoms with Gasteiger partial charge in [0.2, 0.25) is 11.8 Å². The number of rotatable bonds is 8. The monoisotopic (exact) mass is 284 g/mol. The molecular formula is C13H24N4O3. The Morgan fingerprint density at radius 3 is 2.55 bits per heavy atom. The van der Waals surface area contributed by atoms with E-state index in [2.05, 4.69) is 10.2 Å². The second-order valence-electron chi connectivity index (χ2n) is 5.29. The van der Waals surface area contributed by atoms with E-state index in [9.17, 15) is 14.4 Å². The zero-order valence-corrected chi connectivity index (χ0v) is 12.5. The summed E-state index contributed by atoms with van der Waals surface area (Å²) in [4.78, 5) is 39.3. The van der Waals surface area contributed by atoms with Crippen LogP contribution < -0.4 is 5.32 Å². The summed E-state index contributed by atoms with van der Waals surface area (Å²) in [5.41, 5.74) is 0. The van der Waals surface area contributed by atoms with Crippen molar-refractivity contribution in [2.45, 2.75) is 19.3 Å². The summed E-state index contributed by atoms with van der Waals surface area (Å²) in [5, 5.41) is 2.83. The average Bonchev–Trinajstić information content (AvgIpc) is 2.61. The van der Waals surface area contributed by atoms with Gasteiger partial charge in [-0.2, -0.15) is 0 Å². The molecule has 1 fully saturated rings. The van der Waals surface area contributed by atoms with E-state index in [1.54, 1.807) is 7.05 Å². The summed E-state index contributed by atoms with van der Waals surface area (Å²) in [6.45, 7) is 2.04. The first-order chi connectivity index (χ1) is 9.41. The molecule has 4 amide bonds. The van der Waals surface area contributed by atoms with Gasteiger partial charge in [-0.1, -0.05) is 0 Å². The van der Waals surface area contributed by atoms with Crippen LogP contribution in [0.25, 0.3) is 0 Å². The molecule has 1 heterocycles. The normalized spacial score (nSPS) is 15.4. The molecule has 1 rings (SSSR count). The summed E-state index contributed by atoms with van der Waals surface area (Å²) in [6.07, 6.45) is 1.75. The summed E-state index contributed by atoms with van der Waals surface area (Å²) in [5.74, 6) is -0.222. The van der Waals surface area contributed by atoms with Gasteiger partial charge in [-0.05, 0) is 33.5 Å². The maximum atomic E-state index is 11.6. The summed E-state index contributed by atoms with van der Waals surface area (Å²) < 4.78 is 0. The molecular weight excluding hydrogens is 260 g/mol. The van der Waals surface area contributed by atoms with E-state index in [1.165, 1.54) is 9.80 Å². The van der Waals surface area contributed by atoms with Gasteiger partial charge in [0.25, 0.3) is 0 Å². The van der Waals surface area contributed by atoms with Crippen LogP contribution in [0.1, 0.15) is 19.3 Å². The quantitative estimate of drug-likeness (QED) is 0.492. The van der Waals surface area contributed by atoms with E-state index >= 15 is 0 Å². The Morgan fingerprint density at radius 1 is 1.30 bits per heavy atom. The lowest BCUT2D eigenvalue weighted by Gasteiger charge is -2.14. The van der Waals surface area contributed by atoms with Crippen molar-refractivity contribution in [1.29, 1.82) is 0 Å². The highest BCUT2D eigenvalue weighted by Crippen LogP contribution is 2.08. The van der Waals surface area contributed by atoms with Crippen LogP contribution in [0.15, 0.2) is 0 Å². The Hall–Kier alpha value is -1.63. The molecule has 1 N–H and O–H groups in total. The zero-order valence-electron chi connectivity index (χ0n) is 12.5. The van der Waals surface area contributed by atoms with Gasteiger partial charge in [-0.3, -0.25) is 14.5 Å². The molecule has 1 saturated heterocycles. The molecule has 1 aliphatic heterocycles. The lowest BCUT2D eigenvalue weighted by atomic mass is 10.2. The Morgan fingerprint density at radius 2 is 2.00 bits per heavy atom. The molecule has 7 heteroatoms. The predicted octanol–water partition coefficient (Wildman–Crippen LogP) is -0.271. The minimum absolute atomic E-state index is 0.0313. The van der Waals surface area contributed by atoms with Gasteiger partial charge in [0, 0.05) is 26.6 Å². The van der Waals surface area contributed by atoms with Crippen LogP contribution in [0.4, 0.5) is 4.79 Å². The largest absolute Gasteiger partial charge is 0.356 e. The molecule has 0 aliphatic carbocycles. The molecule has 0 aromatic heterocycles. The first-order valence-corrected chi connectivity index (χ1v) is 6.88. The lowest BCUT2D eigenvalue weighted by molar-refractivity contribution is -0.126. The number of likely N-dealkylation sites (N-methyl/N-ethyl adjacent to an activating group) is 1. The fourth-order valence-corrected chi connectivity index (χ4v) is 2.00. The third-order valence-corrected chi connectivity index (χ3v) is 3.12. The highest BCUT2D eigenvalue weighted by Gasteiger charge is 2.32. The van der Waals surface area contributed by atoms with Gasteiger partial charge in [0.15, 0.2) is 0 Å². The number of hydrogen-bond donors (Lipinski definition) is 1. The van der Waals surface area contributed by atoms with E-state index in [4.69, 9.17) is 0 Å². The number of carbonyl (C=O) groups is 3. The van der Waals surface area contributed by atoms with Crippen LogP contribution in [0.5, 0.6) is 0 Å². The van der Waals surface area contributed by atoms with E-state index in [0.29, 0.717) is 25.9 Å². The molecule has 0 unspecified atom stereocenters. The van der Waals surface area contributed by atoms with Crippen LogP contribution in [0.2, 0.25) is 0 Å². The number of imide groups is 1. The van der Waals surface area contributed by atoms with Crippen LogP contribution in [0, 0.1) is 0 Å². The smallest absolute Gasteiger partial charge is 0.326 e. The third kappa shape index (κ3) is 5.16. The maximum absolute atomic E-state index is 11.6. The fourth-order valence-electron chi connectivity index (χ4n) is 2.00. The number of nitrogens with zero attached hydrogens (tertiary/aromatic N) is 3. The van der Waals surface area contributed by atoms with Crippen molar-refractivity contribution in [3.63, 3.8) is 0 Å². The maximum Gasteiger partial charge on any atom is 0.326 e. The summed E-state index contributed by atoms with van der Waals surface area (Å²) >= 11 is 0. The lowest BCUT2D eigenvalue weighted by Crippen LogP contribution is -2.33. The highest BCUT2D eigenvalue weighted by atomic mass is 16.2. The number of carbonyl (C=O) groups excluding carboxylic acids is 3. The SMILES string of the molecule is CN(C)CCCNC(=O)CCCN1C(=O)CN(C)C1=O. The van der Waals surface area contributed by atoms with Crippen molar-refractivity contribution in [3.8, 4) is 0 Å². The van der Waals surface area contributed by atoms with E-state index in [0.717, 1.165) is 13.0 Å². The van der Waals surface area contributed by atoms with Crippen LogP contribution in [0.3, 0.4) is 0 Å². The van der Waals surface area contributed by atoms with Gasteiger partial charge in [-0.15, -0.1) is 0 Å². The molecule has 114 valence electrons. The minimum Gasteiger partial charge on any atom is -0.356 e. The molecule has 0 radical (unpaired) electrons. The molecule has 20 heavy (non-hydrogen) atoms. The van der Waals surface area contributed by atoms with Crippen molar-refractivity contribution >= 4 is 17.8 Å². The topological polar surface area (TPSA) is 73.0 Å². The second kappa shape index (κ2) is 7.84. The van der Waals surface area contributed by atoms with Crippen LogP contribution in [-0.2, 0) is 9.59 Å². The minimum atomic E-state index is -0.276. The van der Waals surface area contributed by atoms with Gasteiger partial charge in [0.05, 0.1) is 0 Å². The van der Waals surface area contributed by atoms with Crippen molar-refractivity contribution in [2.75, 3.05) is 47.3 Å². The van der Waals surface area contributed by atoms with E-state index < -0.39 is 0 Å². The standard InChI is InChI=1S/C13H24N4O3/c1-15(2)8-5-7-14-11(18)6-4-9-17-12(19)10-16(3)13(17)20/h4-10H2,1-3H3,(H,14,18). The molecule has 0 aromatic rings. The van der Waals surface area contributed by atoms with Crippen LogP contribution >= 0.6 is 0 Å². The first kappa shape index (κ1) is 16.4. The van der Waals surface area contributed by atoms with Crippen molar-refractivity contribution in [1.82, 2.24) is 20.0 Å². The molecule has 0 atom stereocenters. The van der Waals surface area contributed by atoms with Gasteiger partial charge < -0.3 is 15.1 Å². The predicted molar refractivity (Wildman–Crippen MR) is 75.2 cm³/mol. The molecule has 0 spiro atoms. The zero-order chi connectivity index (χ0) is 15.1. The van der Waals surface area contributed by atoms with Gasteiger partial charge >= 0.3 is 6.03 Å². The first-order valence-electron chi connectivity index (χ1n) is 6.88. The molecule has 0 bridgehead atoms. The van der Waals surface area contributed by atoms with E-state index in [1.807, 2.05) is 14.1 Å². The van der Waals surface area contributed by atoms with E-state index in [-0.39, 0.29) is 24.4 Å². The van der Waals surface area contributed by atoms with Crippen molar-refractivity contribution in [2.24, 2.45) is 0 Å². The Bertz CT molecular complexity index is 371. The molecule has 1 aliphatic rings. The average molecular weight is 284 g/mol.